The van der Waals surface area contributed by atoms with Gasteiger partial charge in [-0.05, 0) is 42.0 Å². The van der Waals surface area contributed by atoms with E-state index in [9.17, 15) is 0 Å². The highest BCUT2D eigenvalue weighted by molar-refractivity contribution is 9.10. The Labute approximate surface area is 112 Å². The molecule has 0 amide bonds. The molecule has 92 valence electrons. The lowest BCUT2D eigenvalue weighted by Crippen LogP contribution is -2.29. The van der Waals surface area contributed by atoms with E-state index in [1.807, 2.05) is 0 Å². The van der Waals surface area contributed by atoms with Gasteiger partial charge in [0.1, 0.15) is 0 Å². The molecular formula is C15H20BrN. The van der Waals surface area contributed by atoms with Gasteiger partial charge in [-0.25, -0.2) is 0 Å². The summed E-state index contributed by atoms with van der Waals surface area (Å²) in [4.78, 5) is 0. The zero-order valence-corrected chi connectivity index (χ0v) is 12.0. The summed E-state index contributed by atoms with van der Waals surface area (Å²) in [5.74, 6) is 0.704. The summed E-state index contributed by atoms with van der Waals surface area (Å²) in [5.41, 5.74) is 3.39. The lowest BCUT2D eigenvalue weighted by atomic mass is 9.66. The van der Waals surface area contributed by atoms with Crippen LogP contribution in [0.25, 0.3) is 0 Å². The maximum absolute atomic E-state index is 3.61. The molecule has 2 heteroatoms. The molecule has 0 aromatic heterocycles. The largest absolute Gasteiger partial charge is 0.384 e. The Hall–Kier alpha value is -0.500. The molecule has 3 rings (SSSR count). The Morgan fingerprint density at radius 3 is 2.76 bits per heavy atom. The van der Waals surface area contributed by atoms with Crippen LogP contribution in [0.2, 0.25) is 0 Å². The molecule has 0 radical (unpaired) electrons. The van der Waals surface area contributed by atoms with Crippen molar-refractivity contribution in [1.29, 1.82) is 0 Å². The molecule has 1 aliphatic carbocycles. The monoisotopic (exact) mass is 293 g/mol. The third-order valence-corrected chi connectivity index (χ3v) is 5.22. The van der Waals surface area contributed by atoms with Crippen LogP contribution in [0.15, 0.2) is 22.7 Å². The molecule has 0 saturated heterocycles. The van der Waals surface area contributed by atoms with Crippen LogP contribution in [0, 0.1) is 5.41 Å². The molecule has 1 fully saturated rings. The number of anilines is 1. The van der Waals surface area contributed by atoms with E-state index in [0.29, 0.717) is 11.3 Å². The van der Waals surface area contributed by atoms with Crippen molar-refractivity contribution in [2.45, 2.75) is 44.9 Å². The van der Waals surface area contributed by atoms with Gasteiger partial charge >= 0.3 is 0 Å². The molecule has 2 aliphatic rings. The minimum atomic E-state index is 0.511. The molecular weight excluding hydrogens is 274 g/mol. The van der Waals surface area contributed by atoms with Crippen LogP contribution in [0.1, 0.15) is 50.5 Å². The van der Waals surface area contributed by atoms with E-state index in [1.165, 1.54) is 47.8 Å². The Kier molecular flexibility index (Phi) is 2.94. The lowest BCUT2D eigenvalue weighted by Gasteiger charge is -2.39. The molecule has 1 nitrogen and oxygen atoms in total. The number of nitrogens with one attached hydrogen (secondary N) is 1. The zero-order valence-electron chi connectivity index (χ0n) is 10.4. The first-order valence-corrected chi connectivity index (χ1v) is 7.52. The second-order valence-electron chi connectivity index (χ2n) is 5.88. The van der Waals surface area contributed by atoms with Crippen LogP contribution >= 0.6 is 15.9 Å². The molecule has 1 aromatic rings. The molecule has 0 bridgehead atoms. The molecule has 1 heterocycles. The maximum Gasteiger partial charge on any atom is 0.0377 e. The predicted octanol–water partition coefficient (Wildman–Crippen LogP) is 4.93. The lowest BCUT2D eigenvalue weighted by molar-refractivity contribution is 0.177. The standard InChI is InChI=1S/C15H20BrN/c1-15(7-3-2-4-8-15)13-10-17-14-6-5-11(16)9-12(13)14/h5-6,9,13,17H,2-4,7-8,10H2,1H3. The SMILES string of the molecule is CC1(C2CNc3ccc(Br)cc32)CCCCC1. The summed E-state index contributed by atoms with van der Waals surface area (Å²) >= 11 is 3.61. The molecule has 1 aromatic carbocycles. The van der Waals surface area contributed by atoms with Gasteiger partial charge in [-0.2, -0.15) is 0 Å². The fourth-order valence-electron chi connectivity index (χ4n) is 3.63. The van der Waals surface area contributed by atoms with E-state index in [1.54, 1.807) is 0 Å². The highest BCUT2D eigenvalue weighted by Gasteiger charge is 2.39. The van der Waals surface area contributed by atoms with Crippen molar-refractivity contribution in [2.24, 2.45) is 5.41 Å². The van der Waals surface area contributed by atoms with Gasteiger partial charge in [0, 0.05) is 22.6 Å². The summed E-state index contributed by atoms with van der Waals surface area (Å²) in [6.45, 7) is 3.62. The number of hydrogen-bond acceptors (Lipinski definition) is 1. The fourth-order valence-corrected chi connectivity index (χ4v) is 4.01. The van der Waals surface area contributed by atoms with Crippen LogP contribution in [0.4, 0.5) is 5.69 Å². The van der Waals surface area contributed by atoms with Crippen molar-refractivity contribution in [3.8, 4) is 0 Å². The minimum absolute atomic E-state index is 0.511. The van der Waals surface area contributed by atoms with Crippen LogP contribution < -0.4 is 5.32 Å². The quantitative estimate of drug-likeness (QED) is 0.774. The summed E-state index contributed by atoms with van der Waals surface area (Å²) in [6, 6.07) is 6.67. The van der Waals surface area contributed by atoms with Gasteiger partial charge in [-0.15, -0.1) is 0 Å². The third-order valence-electron chi connectivity index (χ3n) is 4.72. The molecule has 0 spiro atoms. The van der Waals surface area contributed by atoms with E-state index in [2.05, 4.69) is 46.4 Å². The smallest absolute Gasteiger partial charge is 0.0377 e. The first-order valence-electron chi connectivity index (χ1n) is 6.72. The number of halogens is 1. The molecule has 1 saturated carbocycles. The van der Waals surface area contributed by atoms with Gasteiger partial charge in [0.2, 0.25) is 0 Å². The number of fused-ring (bicyclic) bond motifs is 1. The van der Waals surface area contributed by atoms with Gasteiger partial charge < -0.3 is 5.32 Å². The number of hydrogen-bond donors (Lipinski definition) is 1. The van der Waals surface area contributed by atoms with E-state index in [0.717, 1.165) is 6.54 Å². The fraction of sp³-hybridized carbons (Fsp3) is 0.600. The Bertz CT molecular complexity index is 421. The van der Waals surface area contributed by atoms with Crippen molar-refractivity contribution in [3.63, 3.8) is 0 Å². The number of rotatable bonds is 1. The van der Waals surface area contributed by atoms with Gasteiger partial charge in [0.25, 0.3) is 0 Å². The molecule has 17 heavy (non-hydrogen) atoms. The predicted molar refractivity (Wildman–Crippen MR) is 76.6 cm³/mol. The second kappa shape index (κ2) is 4.31. The highest BCUT2D eigenvalue weighted by Crippen LogP contribution is 2.51. The molecule has 1 atom stereocenters. The highest BCUT2D eigenvalue weighted by atomic mass is 79.9. The van der Waals surface area contributed by atoms with Gasteiger partial charge in [-0.1, -0.05) is 42.1 Å². The third kappa shape index (κ3) is 2.01. The summed E-state index contributed by atoms with van der Waals surface area (Å²) in [7, 11) is 0. The van der Waals surface area contributed by atoms with E-state index >= 15 is 0 Å². The topological polar surface area (TPSA) is 12.0 Å². The zero-order chi connectivity index (χ0) is 11.9. The normalized spacial score (nSPS) is 26.4. The van der Waals surface area contributed by atoms with Gasteiger partial charge in [-0.3, -0.25) is 0 Å². The minimum Gasteiger partial charge on any atom is -0.384 e. The average Bonchev–Trinajstić information content (AvgIpc) is 2.73. The van der Waals surface area contributed by atoms with Crippen molar-refractivity contribution >= 4 is 21.6 Å². The van der Waals surface area contributed by atoms with Crippen LogP contribution in [-0.4, -0.2) is 6.54 Å². The van der Waals surface area contributed by atoms with E-state index in [-0.39, 0.29) is 0 Å². The first-order chi connectivity index (χ1) is 8.19. The molecule has 1 N–H and O–H groups in total. The summed E-state index contributed by atoms with van der Waals surface area (Å²) in [6.07, 6.45) is 7.05. The van der Waals surface area contributed by atoms with Crippen LogP contribution in [0.3, 0.4) is 0 Å². The Balaban J connectivity index is 1.94. The van der Waals surface area contributed by atoms with Crippen molar-refractivity contribution < 1.29 is 0 Å². The van der Waals surface area contributed by atoms with Gasteiger partial charge in [0.05, 0.1) is 0 Å². The maximum atomic E-state index is 3.61. The molecule has 1 unspecified atom stereocenters. The van der Waals surface area contributed by atoms with Gasteiger partial charge in [0.15, 0.2) is 0 Å². The second-order valence-corrected chi connectivity index (χ2v) is 6.80. The van der Waals surface area contributed by atoms with Crippen LogP contribution in [-0.2, 0) is 0 Å². The van der Waals surface area contributed by atoms with E-state index < -0.39 is 0 Å². The van der Waals surface area contributed by atoms with Crippen molar-refractivity contribution in [2.75, 3.05) is 11.9 Å². The molecule has 1 aliphatic heterocycles. The number of benzene rings is 1. The Morgan fingerprint density at radius 1 is 1.24 bits per heavy atom. The summed E-state index contributed by atoms with van der Waals surface area (Å²) < 4.78 is 1.21. The first kappa shape index (κ1) is 11.6. The average molecular weight is 294 g/mol. The van der Waals surface area contributed by atoms with Crippen molar-refractivity contribution in [1.82, 2.24) is 0 Å². The summed E-state index contributed by atoms with van der Waals surface area (Å²) in [5, 5.41) is 3.58. The Morgan fingerprint density at radius 2 is 2.00 bits per heavy atom. The van der Waals surface area contributed by atoms with Crippen LogP contribution in [0.5, 0.6) is 0 Å². The van der Waals surface area contributed by atoms with Crippen molar-refractivity contribution in [3.05, 3.63) is 28.2 Å². The van der Waals surface area contributed by atoms with E-state index in [4.69, 9.17) is 0 Å².